The van der Waals surface area contributed by atoms with Crippen LogP contribution in [0.5, 0.6) is 0 Å². The molecular weight excluding hydrogens is 526 g/mol. The molecule has 0 aromatic heterocycles. The van der Waals surface area contributed by atoms with Crippen molar-refractivity contribution in [1.82, 2.24) is 5.32 Å². The lowest BCUT2D eigenvalue weighted by molar-refractivity contribution is -0.151. The summed E-state index contributed by atoms with van der Waals surface area (Å²) in [5.74, 6) is -2.02. The second-order valence-electron chi connectivity index (χ2n) is 12.5. The molecule has 0 spiro atoms. The van der Waals surface area contributed by atoms with Crippen molar-refractivity contribution < 1.29 is 24.2 Å². The van der Waals surface area contributed by atoms with Crippen molar-refractivity contribution in [2.45, 2.75) is 206 Å². The van der Waals surface area contributed by atoms with Crippen molar-refractivity contribution in [1.29, 1.82) is 0 Å². The van der Waals surface area contributed by atoms with E-state index >= 15 is 0 Å². The lowest BCUT2D eigenvalue weighted by Gasteiger charge is -2.16. The van der Waals surface area contributed by atoms with Gasteiger partial charge in [0.2, 0.25) is 5.91 Å². The lowest BCUT2D eigenvalue weighted by Crippen LogP contribution is -2.43. The van der Waals surface area contributed by atoms with Gasteiger partial charge in [-0.3, -0.25) is 9.59 Å². The lowest BCUT2D eigenvalue weighted by atomic mass is 10.0. The Bertz CT molecular complexity index is 624. The van der Waals surface area contributed by atoms with Gasteiger partial charge in [-0.25, -0.2) is 4.79 Å². The molecule has 1 amide bonds. The minimum atomic E-state index is -1.12. The quantitative estimate of drug-likeness (QED) is 0.0581. The number of esters is 1. The summed E-state index contributed by atoms with van der Waals surface area (Å²) in [7, 11) is 0. The number of ether oxygens (including phenoxy) is 1. The molecule has 6 nitrogen and oxygen atoms in total. The van der Waals surface area contributed by atoms with Gasteiger partial charge in [-0.2, -0.15) is 0 Å². The summed E-state index contributed by atoms with van der Waals surface area (Å²) >= 11 is 0. The second-order valence-corrected chi connectivity index (χ2v) is 12.5. The number of hydrogen-bond acceptors (Lipinski definition) is 4. The van der Waals surface area contributed by atoms with Crippen LogP contribution in [0.2, 0.25) is 0 Å². The summed E-state index contributed by atoms with van der Waals surface area (Å²) in [6.07, 6.45) is 33.6. The molecule has 6 heteroatoms. The van der Waals surface area contributed by atoms with E-state index in [1.165, 1.54) is 135 Å². The first kappa shape index (κ1) is 40.4. The molecule has 1 atom stereocenters. The minimum absolute atomic E-state index is 0.266. The number of aliphatic carboxylic acids is 1. The Morgan fingerprint density at radius 1 is 0.524 bits per heavy atom. The first-order chi connectivity index (χ1) is 20.5. The molecule has 0 aromatic carbocycles. The maximum atomic E-state index is 12.4. The van der Waals surface area contributed by atoms with Crippen molar-refractivity contribution in [2.24, 2.45) is 0 Å². The smallest absolute Gasteiger partial charge is 0.329 e. The fourth-order valence-corrected chi connectivity index (χ4v) is 5.51. The van der Waals surface area contributed by atoms with Gasteiger partial charge in [0.15, 0.2) is 0 Å². The summed E-state index contributed by atoms with van der Waals surface area (Å²) in [6, 6.07) is -1.11. The van der Waals surface area contributed by atoms with Crippen LogP contribution >= 0.6 is 0 Å². The Hall–Kier alpha value is -1.59. The standard InChI is InChI=1S/C36H69NO5/c1-3-5-7-9-11-13-15-17-18-19-20-22-24-26-28-30-34(38)37-33(32-35(39)40)36(41)42-31-29-27-25-23-21-16-14-12-10-8-6-4-2/h33H,3-32H2,1-2H3,(H,37,38)(H,39,40)/t33-/m0/s1. The minimum Gasteiger partial charge on any atom is -0.481 e. The van der Waals surface area contributed by atoms with Crippen molar-refractivity contribution >= 4 is 17.8 Å². The maximum absolute atomic E-state index is 12.4. The molecule has 0 unspecified atom stereocenters. The van der Waals surface area contributed by atoms with E-state index in [1.807, 2.05) is 0 Å². The second kappa shape index (κ2) is 32.3. The molecule has 2 N–H and O–H groups in total. The number of carbonyl (C=O) groups is 3. The third-order valence-corrected chi connectivity index (χ3v) is 8.25. The Balaban J connectivity index is 3.76. The highest BCUT2D eigenvalue weighted by Gasteiger charge is 2.25. The molecule has 0 aliphatic rings. The Morgan fingerprint density at radius 3 is 1.21 bits per heavy atom. The van der Waals surface area contributed by atoms with Crippen LogP contribution in [0.3, 0.4) is 0 Å². The van der Waals surface area contributed by atoms with Gasteiger partial charge in [-0.05, 0) is 12.8 Å². The van der Waals surface area contributed by atoms with E-state index in [1.54, 1.807) is 0 Å². The van der Waals surface area contributed by atoms with Crippen LogP contribution in [0.1, 0.15) is 200 Å². The van der Waals surface area contributed by atoms with E-state index in [0.717, 1.165) is 38.5 Å². The number of amides is 1. The van der Waals surface area contributed by atoms with Crippen LogP contribution in [0.4, 0.5) is 0 Å². The summed E-state index contributed by atoms with van der Waals surface area (Å²) in [6.45, 7) is 4.79. The van der Waals surface area contributed by atoms with Crippen molar-refractivity contribution in [2.75, 3.05) is 6.61 Å². The van der Waals surface area contributed by atoms with Gasteiger partial charge in [-0.15, -0.1) is 0 Å². The van der Waals surface area contributed by atoms with Gasteiger partial charge in [0.1, 0.15) is 6.04 Å². The highest BCUT2D eigenvalue weighted by molar-refractivity contribution is 5.87. The topological polar surface area (TPSA) is 92.7 Å². The largest absolute Gasteiger partial charge is 0.481 e. The fourth-order valence-electron chi connectivity index (χ4n) is 5.51. The Labute approximate surface area is 259 Å². The van der Waals surface area contributed by atoms with Gasteiger partial charge in [0, 0.05) is 6.42 Å². The van der Waals surface area contributed by atoms with E-state index in [4.69, 9.17) is 4.74 Å². The van der Waals surface area contributed by atoms with E-state index in [2.05, 4.69) is 19.2 Å². The molecule has 0 saturated heterocycles. The molecule has 0 rings (SSSR count). The van der Waals surface area contributed by atoms with Crippen molar-refractivity contribution in [3.8, 4) is 0 Å². The Kier molecular flexibility index (Phi) is 31.1. The number of carboxylic acid groups (broad SMARTS) is 1. The molecule has 248 valence electrons. The average molecular weight is 596 g/mol. The molecule has 0 heterocycles. The number of nitrogens with one attached hydrogen (secondary N) is 1. The van der Waals surface area contributed by atoms with E-state index in [9.17, 15) is 19.5 Å². The number of unbranched alkanes of at least 4 members (excludes halogenated alkanes) is 25. The van der Waals surface area contributed by atoms with Crippen LogP contribution in [-0.4, -0.2) is 35.6 Å². The third kappa shape index (κ3) is 29.9. The predicted octanol–water partition coefficient (Wildman–Crippen LogP) is 10.5. The number of carbonyl (C=O) groups excluding carboxylic acids is 2. The van der Waals surface area contributed by atoms with E-state index in [-0.39, 0.29) is 12.5 Å². The normalized spacial score (nSPS) is 11.9. The summed E-state index contributed by atoms with van der Waals surface area (Å²) in [5.41, 5.74) is 0. The molecule has 0 aromatic rings. The van der Waals surface area contributed by atoms with Crippen LogP contribution < -0.4 is 5.32 Å². The van der Waals surface area contributed by atoms with Crippen LogP contribution in [0.15, 0.2) is 0 Å². The maximum Gasteiger partial charge on any atom is 0.329 e. The van der Waals surface area contributed by atoms with Gasteiger partial charge in [0.05, 0.1) is 13.0 Å². The summed E-state index contributed by atoms with van der Waals surface area (Å²) in [4.78, 5) is 36.0. The zero-order valence-corrected chi connectivity index (χ0v) is 27.9. The van der Waals surface area contributed by atoms with E-state index < -0.39 is 24.4 Å². The van der Waals surface area contributed by atoms with E-state index in [0.29, 0.717) is 6.42 Å². The summed E-state index contributed by atoms with van der Waals surface area (Å²) in [5, 5.41) is 11.8. The molecule has 0 aliphatic carbocycles. The number of carboxylic acids is 1. The number of hydrogen-bond donors (Lipinski definition) is 2. The Morgan fingerprint density at radius 2 is 0.857 bits per heavy atom. The zero-order chi connectivity index (χ0) is 30.9. The molecule has 0 aliphatic heterocycles. The van der Waals surface area contributed by atoms with Crippen LogP contribution in [0.25, 0.3) is 0 Å². The predicted molar refractivity (Wildman–Crippen MR) is 176 cm³/mol. The first-order valence-electron chi connectivity index (χ1n) is 18.2. The average Bonchev–Trinajstić information content (AvgIpc) is 2.96. The van der Waals surface area contributed by atoms with Crippen LogP contribution in [0, 0.1) is 0 Å². The fraction of sp³-hybridized carbons (Fsp3) is 0.917. The molecular formula is C36H69NO5. The van der Waals surface area contributed by atoms with Gasteiger partial charge >= 0.3 is 11.9 Å². The molecule has 0 fully saturated rings. The number of rotatable bonds is 33. The third-order valence-electron chi connectivity index (χ3n) is 8.25. The highest BCUT2D eigenvalue weighted by Crippen LogP contribution is 2.14. The summed E-state index contributed by atoms with van der Waals surface area (Å²) < 4.78 is 5.31. The van der Waals surface area contributed by atoms with Gasteiger partial charge in [0.25, 0.3) is 0 Å². The molecule has 0 bridgehead atoms. The highest BCUT2D eigenvalue weighted by atomic mass is 16.5. The van der Waals surface area contributed by atoms with Crippen LogP contribution in [-0.2, 0) is 19.1 Å². The van der Waals surface area contributed by atoms with Gasteiger partial charge < -0.3 is 15.2 Å². The first-order valence-corrected chi connectivity index (χ1v) is 18.2. The van der Waals surface area contributed by atoms with Gasteiger partial charge in [-0.1, -0.05) is 174 Å². The zero-order valence-electron chi connectivity index (χ0n) is 27.9. The molecule has 0 saturated carbocycles. The van der Waals surface area contributed by atoms with Crippen molar-refractivity contribution in [3.63, 3.8) is 0 Å². The molecule has 42 heavy (non-hydrogen) atoms. The monoisotopic (exact) mass is 596 g/mol. The molecule has 0 radical (unpaired) electrons. The van der Waals surface area contributed by atoms with Crippen molar-refractivity contribution in [3.05, 3.63) is 0 Å². The SMILES string of the molecule is CCCCCCCCCCCCCCCCCC(=O)N[C@@H](CC(=O)O)C(=O)OCCCCCCCCCCCCCC.